The van der Waals surface area contributed by atoms with Crippen LogP contribution in [-0.2, 0) is 28.6 Å². The Morgan fingerprint density at radius 1 is 0.299 bits per heavy atom. The standard InChI is InChI=1S/C61H110O6/c1-4-7-10-13-16-19-22-25-27-28-29-30-31-32-34-36-39-42-45-48-51-54-60(63)66-57-58(56-65-59(62)53-50-47-44-41-38-35-24-21-18-15-12-9-6-3)67-61(64)55-52-49-46-43-40-37-33-26-23-20-17-14-11-8-5-2/h21-22,24-26,28-29,33,58H,4-20,23,27,30-32,34-57H2,1-3H3/b24-21-,25-22-,29-28-,33-26-. The van der Waals surface area contributed by atoms with Crippen molar-refractivity contribution in [2.24, 2.45) is 0 Å². The Morgan fingerprint density at radius 3 is 0.851 bits per heavy atom. The van der Waals surface area contributed by atoms with E-state index in [4.69, 9.17) is 14.2 Å². The summed E-state index contributed by atoms with van der Waals surface area (Å²) in [4.78, 5) is 38.1. The van der Waals surface area contributed by atoms with E-state index in [1.807, 2.05) is 0 Å². The molecule has 0 bridgehead atoms. The van der Waals surface area contributed by atoms with E-state index >= 15 is 0 Å². The van der Waals surface area contributed by atoms with Gasteiger partial charge in [0.05, 0.1) is 0 Å². The number of esters is 3. The first-order valence-electron chi connectivity index (χ1n) is 29.1. The second-order valence-electron chi connectivity index (χ2n) is 19.5. The van der Waals surface area contributed by atoms with Gasteiger partial charge in [0.15, 0.2) is 6.10 Å². The fraction of sp³-hybridized carbons (Fsp3) is 0.820. The van der Waals surface area contributed by atoms with Crippen molar-refractivity contribution < 1.29 is 28.6 Å². The van der Waals surface area contributed by atoms with Gasteiger partial charge in [0.2, 0.25) is 0 Å². The zero-order valence-electron chi connectivity index (χ0n) is 44.7. The molecule has 0 aromatic carbocycles. The fourth-order valence-electron chi connectivity index (χ4n) is 8.35. The third-order valence-electron chi connectivity index (χ3n) is 12.8. The van der Waals surface area contributed by atoms with Crippen LogP contribution in [0.15, 0.2) is 48.6 Å². The number of carbonyl (C=O) groups excluding carboxylic acids is 3. The highest BCUT2D eigenvalue weighted by Gasteiger charge is 2.19. The van der Waals surface area contributed by atoms with Crippen molar-refractivity contribution in [3.63, 3.8) is 0 Å². The van der Waals surface area contributed by atoms with Crippen LogP contribution in [0.25, 0.3) is 0 Å². The third kappa shape index (κ3) is 54.2. The highest BCUT2D eigenvalue weighted by Crippen LogP contribution is 2.15. The third-order valence-corrected chi connectivity index (χ3v) is 12.8. The van der Waals surface area contributed by atoms with Gasteiger partial charge in [0.1, 0.15) is 13.2 Å². The molecule has 0 aliphatic carbocycles. The average molecular weight is 940 g/mol. The molecule has 6 nitrogen and oxygen atoms in total. The Labute approximate surface area is 416 Å². The van der Waals surface area contributed by atoms with Crippen molar-refractivity contribution >= 4 is 17.9 Å². The minimum Gasteiger partial charge on any atom is -0.462 e. The van der Waals surface area contributed by atoms with Gasteiger partial charge in [-0.1, -0.05) is 230 Å². The lowest BCUT2D eigenvalue weighted by atomic mass is 10.1. The van der Waals surface area contributed by atoms with Gasteiger partial charge in [-0.15, -0.1) is 0 Å². The molecule has 1 atom stereocenters. The van der Waals surface area contributed by atoms with Crippen molar-refractivity contribution in [3.8, 4) is 0 Å². The highest BCUT2D eigenvalue weighted by molar-refractivity contribution is 5.71. The molecular formula is C61H110O6. The van der Waals surface area contributed by atoms with E-state index in [9.17, 15) is 14.4 Å². The van der Waals surface area contributed by atoms with Crippen LogP contribution in [-0.4, -0.2) is 37.2 Å². The monoisotopic (exact) mass is 939 g/mol. The molecule has 0 heterocycles. The van der Waals surface area contributed by atoms with Crippen LogP contribution >= 0.6 is 0 Å². The summed E-state index contributed by atoms with van der Waals surface area (Å²) in [6.07, 6.45) is 68.1. The fourth-order valence-corrected chi connectivity index (χ4v) is 8.35. The quantitative estimate of drug-likeness (QED) is 0.0262. The lowest BCUT2D eigenvalue weighted by molar-refractivity contribution is -0.167. The summed E-state index contributed by atoms with van der Waals surface area (Å²) in [5.41, 5.74) is 0. The van der Waals surface area contributed by atoms with E-state index in [1.54, 1.807) is 0 Å². The summed E-state index contributed by atoms with van der Waals surface area (Å²) in [7, 11) is 0. The Morgan fingerprint density at radius 2 is 0.537 bits per heavy atom. The first-order chi connectivity index (χ1) is 33.0. The molecule has 67 heavy (non-hydrogen) atoms. The summed E-state index contributed by atoms with van der Waals surface area (Å²) in [6.45, 7) is 6.62. The van der Waals surface area contributed by atoms with Crippen molar-refractivity contribution in [2.45, 2.75) is 309 Å². The van der Waals surface area contributed by atoms with Gasteiger partial charge in [0, 0.05) is 19.3 Å². The van der Waals surface area contributed by atoms with Crippen LogP contribution in [0.5, 0.6) is 0 Å². The molecule has 0 radical (unpaired) electrons. The van der Waals surface area contributed by atoms with Crippen molar-refractivity contribution in [1.29, 1.82) is 0 Å². The SMILES string of the molecule is CCCCCC/C=C\CCCCCCCC(=O)OCC(COC(=O)CCCCCCCCCCC/C=C\C/C=C\CCCCCCC)OC(=O)CCCCCCC/C=C\CCCCCCCC. The van der Waals surface area contributed by atoms with Gasteiger partial charge < -0.3 is 14.2 Å². The van der Waals surface area contributed by atoms with Gasteiger partial charge in [-0.3, -0.25) is 14.4 Å². The minimum atomic E-state index is -0.781. The normalized spacial score (nSPS) is 12.3. The molecule has 6 heteroatoms. The number of hydrogen-bond donors (Lipinski definition) is 0. The van der Waals surface area contributed by atoms with Crippen molar-refractivity contribution in [1.82, 2.24) is 0 Å². The number of allylic oxidation sites excluding steroid dienone is 8. The summed E-state index contributed by atoms with van der Waals surface area (Å²) in [6, 6.07) is 0. The molecule has 0 aromatic rings. The predicted octanol–water partition coefficient (Wildman–Crippen LogP) is 19.4. The molecule has 1 unspecified atom stereocenters. The molecule has 0 saturated heterocycles. The Bertz CT molecular complexity index is 1170. The Hall–Kier alpha value is -2.63. The van der Waals surface area contributed by atoms with Crippen molar-refractivity contribution in [3.05, 3.63) is 48.6 Å². The summed E-state index contributed by atoms with van der Waals surface area (Å²) in [5.74, 6) is -0.889. The van der Waals surface area contributed by atoms with Crippen LogP contribution in [0.1, 0.15) is 303 Å². The van der Waals surface area contributed by atoms with Crippen LogP contribution in [0.3, 0.4) is 0 Å². The molecule has 0 N–H and O–H groups in total. The summed E-state index contributed by atoms with van der Waals surface area (Å²) in [5, 5.41) is 0. The van der Waals surface area contributed by atoms with Crippen molar-refractivity contribution in [2.75, 3.05) is 13.2 Å². The molecular weight excluding hydrogens is 829 g/mol. The van der Waals surface area contributed by atoms with Gasteiger partial charge in [-0.2, -0.15) is 0 Å². The van der Waals surface area contributed by atoms with Crippen LogP contribution in [0.2, 0.25) is 0 Å². The lowest BCUT2D eigenvalue weighted by Crippen LogP contribution is -2.30. The molecule has 0 amide bonds. The zero-order valence-corrected chi connectivity index (χ0v) is 44.7. The molecule has 0 saturated carbocycles. The molecule has 0 rings (SSSR count). The van der Waals surface area contributed by atoms with Gasteiger partial charge in [0.25, 0.3) is 0 Å². The number of ether oxygens (including phenoxy) is 3. The number of unbranched alkanes of at least 4 members (excludes halogenated alkanes) is 34. The van der Waals surface area contributed by atoms with E-state index in [-0.39, 0.29) is 31.1 Å². The summed E-state index contributed by atoms with van der Waals surface area (Å²) < 4.78 is 16.9. The van der Waals surface area contributed by atoms with Crippen LogP contribution in [0, 0.1) is 0 Å². The number of hydrogen-bond acceptors (Lipinski definition) is 6. The van der Waals surface area contributed by atoms with E-state index in [0.717, 1.165) is 83.5 Å². The topological polar surface area (TPSA) is 78.9 Å². The first-order valence-corrected chi connectivity index (χ1v) is 29.1. The zero-order chi connectivity index (χ0) is 48.6. The van der Waals surface area contributed by atoms with E-state index in [1.165, 1.54) is 180 Å². The maximum absolute atomic E-state index is 12.8. The molecule has 0 aliphatic heterocycles. The highest BCUT2D eigenvalue weighted by atomic mass is 16.6. The second kappa shape index (κ2) is 56.0. The molecule has 0 aliphatic rings. The predicted molar refractivity (Wildman–Crippen MR) is 289 cm³/mol. The maximum atomic E-state index is 12.8. The van der Waals surface area contributed by atoms with Gasteiger partial charge in [-0.05, 0) is 103 Å². The van der Waals surface area contributed by atoms with E-state index in [0.29, 0.717) is 19.3 Å². The number of carbonyl (C=O) groups is 3. The molecule has 0 aromatic heterocycles. The second-order valence-corrected chi connectivity index (χ2v) is 19.5. The summed E-state index contributed by atoms with van der Waals surface area (Å²) >= 11 is 0. The molecule has 0 spiro atoms. The van der Waals surface area contributed by atoms with Crippen LogP contribution in [0.4, 0.5) is 0 Å². The Kier molecular flexibility index (Phi) is 53.8. The molecule has 0 fully saturated rings. The smallest absolute Gasteiger partial charge is 0.306 e. The molecule has 390 valence electrons. The van der Waals surface area contributed by atoms with E-state index < -0.39 is 6.10 Å². The number of rotatable bonds is 53. The van der Waals surface area contributed by atoms with E-state index in [2.05, 4.69) is 69.4 Å². The minimum absolute atomic E-state index is 0.0799. The van der Waals surface area contributed by atoms with Gasteiger partial charge >= 0.3 is 17.9 Å². The first kappa shape index (κ1) is 64.4. The Balaban J connectivity index is 4.34. The largest absolute Gasteiger partial charge is 0.462 e. The maximum Gasteiger partial charge on any atom is 0.306 e. The average Bonchev–Trinajstić information content (AvgIpc) is 3.33. The lowest BCUT2D eigenvalue weighted by Gasteiger charge is -2.18. The van der Waals surface area contributed by atoms with Crippen LogP contribution < -0.4 is 0 Å². The van der Waals surface area contributed by atoms with Gasteiger partial charge in [-0.25, -0.2) is 0 Å².